The quantitative estimate of drug-likeness (QED) is 0.443. The van der Waals surface area contributed by atoms with Gasteiger partial charge in [0.15, 0.2) is 0 Å². The van der Waals surface area contributed by atoms with Crippen LogP contribution in [-0.4, -0.2) is 0 Å². The van der Waals surface area contributed by atoms with Crippen LogP contribution in [-0.2, 0) is 0 Å². The third-order valence-electron chi connectivity index (χ3n) is 4.77. The smallest absolute Gasteiger partial charge is 0.0328 e. The van der Waals surface area contributed by atoms with Crippen molar-refractivity contribution >= 4 is 0 Å². The molecule has 0 spiro atoms. The average Bonchev–Trinajstić information content (AvgIpc) is 2.25. The number of hydrogen-bond acceptors (Lipinski definition) is 0. The van der Waals surface area contributed by atoms with Crippen LogP contribution >= 0.6 is 0 Å². The van der Waals surface area contributed by atoms with Crippen molar-refractivity contribution in [2.75, 3.05) is 0 Å². The Labute approximate surface area is 111 Å². The fourth-order valence-electron chi connectivity index (χ4n) is 2.75. The van der Waals surface area contributed by atoms with Crippen LogP contribution in [0, 0.1) is 23.2 Å². The zero-order valence-corrected chi connectivity index (χ0v) is 13.5. The van der Waals surface area contributed by atoms with Gasteiger partial charge in [0.1, 0.15) is 0 Å². The fraction of sp³-hybridized carbons (Fsp3) is 1.00. The van der Waals surface area contributed by atoms with Gasteiger partial charge in [0, 0.05) is 0 Å². The highest BCUT2D eigenvalue weighted by atomic mass is 14.3. The minimum absolute atomic E-state index is 0.528. The molecule has 0 fully saturated rings. The van der Waals surface area contributed by atoms with Gasteiger partial charge < -0.3 is 0 Å². The molecule has 0 aliphatic heterocycles. The van der Waals surface area contributed by atoms with Crippen molar-refractivity contribution in [3.8, 4) is 0 Å². The van der Waals surface area contributed by atoms with Crippen LogP contribution in [0.2, 0.25) is 0 Å². The van der Waals surface area contributed by atoms with E-state index in [0.29, 0.717) is 5.41 Å². The molecule has 17 heavy (non-hydrogen) atoms. The van der Waals surface area contributed by atoms with Gasteiger partial charge in [-0.25, -0.2) is 0 Å². The lowest BCUT2D eigenvalue weighted by atomic mass is 9.72. The Balaban J connectivity index is 4.08. The van der Waals surface area contributed by atoms with Crippen LogP contribution in [0.15, 0.2) is 0 Å². The highest BCUT2D eigenvalue weighted by molar-refractivity contribution is 4.77. The number of hydrogen-bond donors (Lipinski definition) is 0. The monoisotopic (exact) mass is 240 g/mol. The minimum atomic E-state index is 0.528. The zero-order chi connectivity index (χ0) is 13.5. The summed E-state index contributed by atoms with van der Waals surface area (Å²) in [5, 5.41) is 0. The summed E-state index contributed by atoms with van der Waals surface area (Å²) in [5.41, 5.74) is 0.528. The fourth-order valence-corrected chi connectivity index (χ4v) is 2.75. The van der Waals surface area contributed by atoms with Gasteiger partial charge in [0.05, 0.1) is 0 Å². The molecule has 0 radical (unpaired) electrons. The Morgan fingerprint density at radius 3 is 1.94 bits per heavy atom. The molecule has 0 nitrogen and oxygen atoms in total. The second-order valence-electron chi connectivity index (χ2n) is 7.08. The molecule has 0 heterocycles. The molecule has 0 aromatic rings. The van der Waals surface area contributed by atoms with Gasteiger partial charge >= 0.3 is 0 Å². The summed E-state index contributed by atoms with van der Waals surface area (Å²) in [6.07, 6.45) is 8.25. The van der Waals surface area contributed by atoms with Crippen LogP contribution in [0.1, 0.15) is 87.0 Å². The van der Waals surface area contributed by atoms with Crippen molar-refractivity contribution in [1.29, 1.82) is 0 Å². The van der Waals surface area contributed by atoms with E-state index in [4.69, 9.17) is 0 Å². The first-order valence-corrected chi connectivity index (χ1v) is 7.83. The Hall–Kier alpha value is 0. The van der Waals surface area contributed by atoms with Gasteiger partial charge in [-0.1, -0.05) is 67.7 Å². The Morgan fingerprint density at radius 1 is 0.882 bits per heavy atom. The van der Waals surface area contributed by atoms with E-state index in [2.05, 4.69) is 48.5 Å². The molecule has 3 atom stereocenters. The van der Waals surface area contributed by atoms with Crippen molar-refractivity contribution in [3.05, 3.63) is 0 Å². The molecular formula is C17H36. The second-order valence-corrected chi connectivity index (χ2v) is 7.08. The summed E-state index contributed by atoms with van der Waals surface area (Å²) in [4.78, 5) is 0. The summed E-state index contributed by atoms with van der Waals surface area (Å²) in [6, 6.07) is 0. The lowest BCUT2D eigenvalue weighted by Crippen LogP contribution is -2.24. The molecule has 0 aromatic carbocycles. The minimum Gasteiger partial charge on any atom is -0.0654 e. The van der Waals surface area contributed by atoms with E-state index >= 15 is 0 Å². The van der Waals surface area contributed by atoms with E-state index in [0.717, 1.165) is 17.8 Å². The highest BCUT2D eigenvalue weighted by Crippen LogP contribution is 2.37. The van der Waals surface area contributed by atoms with E-state index in [-0.39, 0.29) is 0 Å². The van der Waals surface area contributed by atoms with Crippen molar-refractivity contribution in [2.45, 2.75) is 87.0 Å². The van der Waals surface area contributed by atoms with E-state index in [1.807, 2.05) is 0 Å². The van der Waals surface area contributed by atoms with Crippen molar-refractivity contribution in [1.82, 2.24) is 0 Å². The maximum Gasteiger partial charge on any atom is -0.0328 e. The molecule has 0 aromatic heterocycles. The second kappa shape index (κ2) is 8.16. The van der Waals surface area contributed by atoms with Crippen LogP contribution < -0.4 is 0 Å². The zero-order valence-electron chi connectivity index (χ0n) is 13.5. The molecular weight excluding hydrogens is 204 g/mol. The average molecular weight is 240 g/mol. The highest BCUT2D eigenvalue weighted by Gasteiger charge is 2.26. The summed E-state index contributed by atoms with van der Waals surface area (Å²) in [7, 11) is 0. The van der Waals surface area contributed by atoms with E-state index < -0.39 is 0 Å². The molecule has 0 amide bonds. The lowest BCUT2D eigenvalue weighted by Gasteiger charge is -2.34. The van der Waals surface area contributed by atoms with Crippen molar-refractivity contribution < 1.29 is 0 Å². The SMILES string of the molecule is CCCCC(C)(C)C(C)CC(C)CC(C)CC. The van der Waals surface area contributed by atoms with Gasteiger partial charge in [-0.15, -0.1) is 0 Å². The van der Waals surface area contributed by atoms with Gasteiger partial charge in [-0.3, -0.25) is 0 Å². The van der Waals surface area contributed by atoms with Gasteiger partial charge in [-0.2, -0.15) is 0 Å². The summed E-state index contributed by atoms with van der Waals surface area (Å²) in [5.74, 6) is 2.64. The summed E-state index contributed by atoms with van der Waals surface area (Å²) >= 11 is 0. The lowest BCUT2D eigenvalue weighted by molar-refractivity contribution is 0.167. The molecule has 104 valence electrons. The molecule has 0 aliphatic carbocycles. The molecule has 0 saturated carbocycles. The van der Waals surface area contributed by atoms with E-state index in [1.54, 1.807) is 0 Å². The topological polar surface area (TPSA) is 0 Å². The Bertz CT molecular complexity index is 180. The van der Waals surface area contributed by atoms with Crippen LogP contribution in [0.5, 0.6) is 0 Å². The Morgan fingerprint density at radius 2 is 1.47 bits per heavy atom. The molecule has 0 aliphatic rings. The maximum atomic E-state index is 2.46. The molecule has 0 heteroatoms. The predicted molar refractivity (Wildman–Crippen MR) is 80.3 cm³/mol. The Kier molecular flexibility index (Phi) is 8.16. The molecule has 3 unspecified atom stereocenters. The third-order valence-corrected chi connectivity index (χ3v) is 4.77. The van der Waals surface area contributed by atoms with Gasteiger partial charge in [0.2, 0.25) is 0 Å². The largest absolute Gasteiger partial charge is 0.0654 e. The van der Waals surface area contributed by atoms with E-state index in [1.165, 1.54) is 38.5 Å². The first-order valence-electron chi connectivity index (χ1n) is 7.83. The number of unbranched alkanes of at least 4 members (excludes halogenated alkanes) is 1. The molecule has 0 N–H and O–H groups in total. The third kappa shape index (κ3) is 7.11. The van der Waals surface area contributed by atoms with Gasteiger partial charge in [0.25, 0.3) is 0 Å². The summed E-state index contributed by atoms with van der Waals surface area (Å²) < 4.78 is 0. The first kappa shape index (κ1) is 17.0. The molecule has 0 bridgehead atoms. The van der Waals surface area contributed by atoms with Gasteiger partial charge in [-0.05, 0) is 42.4 Å². The van der Waals surface area contributed by atoms with Crippen LogP contribution in [0.4, 0.5) is 0 Å². The predicted octanol–water partition coefficient (Wildman–Crippen LogP) is 6.30. The first-order chi connectivity index (χ1) is 7.83. The molecule has 0 saturated heterocycles. The summed E-state index contributed by atoms with van der Waals surface area (Å²) in [6.45, 7) is 16.8. The standard InChI is InChI=1S/C17H36/c1-8-10-11-17(6,7)16(5)13-15(4)12-14(3)9-2/h14-16H,8-13H2,1-7H3. The van der Waals surface area contributed by atoms with Crippen LogP contribution in [0.3, 0.4) is 0 Å². The normalized spacial score (nSPS) is 17.8. The van der Waals surface area contributed by atoms with Crippen LogP contribution in [0.25, 0.3) is 0 Å². The number of rotatable bonds is 9. The maximum absolute atomic E-state index is 2.46. The van der Waals surface area contributed by atoms with Crippen molar-refractivity contribution in [3.63, 3.8) is 0 Å². The van der Waals surface area contributed by atoms with Crippen molar-refractivity contribution in [2.24, 2.45) is 23.2 Å². The van der Waals surface area contributed by atoms with E-state index in [9.17, 15) is 0 Å². The molecule has 0 rings (SSSR count).